The van der Waals surface area contributed by atoms with Gasteiger partial charge >= 0.3 is 0 Å². The number of fused-ring (bicyclic) bond motifs is 1. The van der Waals surface area contributed by atoms with Crippen LogP contribution in [0, 0.1) is 6.92 Å². The van der Waals surface area contributed by atoms with Crippen LogP contribution in [0.25, 0.3) is 0 Å². The van der Waals surface area contributed by atoms with Crippen molar-refractivity contribution in [3.8, 4) is 0 Å². The minimum atomic E-state index is 0.179. The van der Waals surface area contributed by atoms with Gasteiger partial charge in [0.15, 0.2) is 0 Å². The van der Waals surface area contributed by atoms with Gasteiger partial charge in [-0.3, -0.25) is 0 Å². The van der Waals surface area contributed by atoms with Gasteiger partial charge in [-0.15, -0.1) is 0 Å². The van der Waals surface area contributed by atoms with Crippen LogP contribution in [0.3, 0.4) is 0 Å². The molecule has 0 aromatic carbocycles. The molecule has 1 fully saturated rings. The molecule has 1 aliphatic heterocycles. The lowest BCUT2D eigenvalue weighted by atomic mass is 10.1. The fourth-order valence-electron chi connectivity index (χ4n) is 2.55. The average molecular weight is 191 g/mol. The molecular weight excluding hydrogens is 174 g/mol. The summed E-state index contributed by atoms with van der Waals surface area (Å²) >= 11 is 0. The van der Waals surface area contributed by atoms with E-state index in [1.54, 1.807) is 0 Å². The Kier molecular flexibility index (Phi) is 1.71. The highest BCUT2D eigenvalue weighted by Crippen LogP contribution is 2.42. The molecule has 1 aromatic rings. The van der Waals surface area contributed by atoms with E-state index in [0.717, 1.165) is 18.8 Å². The summed E-state index contributed by atoms with van der Waals surface area (Å²) in [6.07, 6.45) is 6.25. The first-order valence-electron chi connectivity index (χ1n) is 5.60. The summed E-state index contributed by atoms with van der Waals surface area (Å²) in [7, 11) is 0. The molecule has 1 aromatic heterocycles. The van der Waals surface area contributed by atoms with Crippen molar-refractivity contribution in [1.82, 2.24) is 9.55 Å². The van der Waals surface area contributed by atoms with Gasteiger partial charge in [-0.05, 0) is 32.6 Å². The molecule has 76 valence electrons. The van der Waals surface area contributed by atoms with E-state index >= 15 is 0 Å². The van der Waals surface area contributed by atoms with Crippen LogP contribution in [-0.4, -0.2) is 9.55 Å². The lowest BCUT2D eigenvalue weighted by Crippen LogP contribution is -2.25. The van der Waals surface area contributed by atoms with Gasteiger partial charge in [-0.1, -0.05) is 0 Å². The van der Waals surface area contributed by atoms with E-state index in [9.17, 15) is 0 Å². The van der Waals surface area contributed by atoms with Crippen LogP contribution in [0.4, 0.5) is 0 Å². The van der Waals surface area contributed by atoms with Crippen LogP contribution < -0.4 is 5.73 Å². The molecule has 2 heterocycles. The third-order valence-electron chi connectivity index (χ3n) is 3.46. The van der Waals surface area contributed by atoms with Crippen molar-refractivity contribution >= 4 is 0 Å². The zero-order valence-corrected chi connectivity index (χ0v) is 8.66. The Bertz CT molecular complexity index is 363. The second-order valence-electron chi connectivity index (χ2n) is 4.60. The fourth-order valence-corrected chi connectivity index (χ4v) is 2.55. The topological polar surface area (TPSA) is 43.8 Å². The summed E-state index contributed by atoms with van der Waals surface area (Å²) in [6, 6.07) is 0. The highest BCUT2D eigenvalue weighted by molar-refractivity contribution is 5.25. The minimum absolute atomic E-state index is 0.179. The summed E-state index contributed by atoms with van der Waals surface area (Å²) in [4.78, 5) is 4.75. The van der Waals surface area contributed by atoms with Crippen LogP contribution in [0.2, 0.25) is 0 Å². The quantitative estimate of drug-likeness (QED) is 0.736. The van der Waals surface area contributed by atoms with E-state index in [-0.39, 0.29) is 6.17 Å². The molecule has 14 heavy (non-hydrogen) atoms. The van der Waals surface area contributed by atoms with Gasteiger partial charge in [0, 0.05) is 18.0 Å². The van der Waals surface area contributed by atoms with Crippen molar-refractivity contribution in [3.63, 3.8) is 0 Å². The number of imidazole rings is 1. The van der Waals surface area contributed by atoms with Gasteiger partial charge < -0.3 is 10.3 Å². The first-order valence-corrected chi connectivity index (χ1v) is 5.60. The molecule has 0 saturated heterocycles. The maximum Gasteiger partial charge on any atom is 0.110 e. The number of aromatic nitrogens is 2. The molecule has 0 radical (unpaired) electrons. The van der Waals surface area contributed by atoms with E-state index in [1.165, 1.54) is 36.5 Å². The maximum atomic E-state index is 6.10. The normalized spacial score (nSPS) is 26.3. The Morgan fingerprint density at radius 1 is 1.36 bits per heavy atom. The van der Waals surface area contributed by atoms with Crippen molar-refractivity contribution in [3.05, 3.63) is 17.2 Å². The molecule has 1 atom stereocenters. The summed E-state index contributed by atoms with van der Waals surface area (Å²) in [5.41, 5.74) is 8.76. The largest absolute Gasteiger partial charge is 0.316 e. The number of hydrogen-bond acceptors (Lipinski definition) is 2. The summed E-state index contributed by atoms with van der Waals surface area (Å²) in [5.74, 6) is 1.98. The predicted octanol–water partition coefficient (Wildman–Crippen LogP) is 1.86. The van der Waals surface area contributed by atoms with Crippen molar-refractivity contribution in [1.29, 1.82) is 0 Å². The van der Waals surface area contributed by atoms with Crippen molar-refractivity contribution in [2.24, 2.45) is 5.73 Å². The summed E-state index contributed by atoms with van der Waals surface area (Å²) in [5, 5.41) is 0. The molecule has 1 unspecified atom stereocenters. The van der Waals surface area contributed by atoms with Crippen LogP contribution in [-0.2, 0) is 6.42 Å². The lowest BCUT2D eigenvalue weighted by molar-refractivity contribution is 0.402. The first-order chi connectivity index (χ1) is 6.77. The minimum Gasteiger partial charge on any atom is -0.316 e. The zero-order chi connectivity index (χ0) is 9.71. The molecule has 3 nitrogen and oxygen atoms in total. The van der Waals surface area contributed by atoms with E-state index < -0.39 is 0 Å². The van der Waals surface area contributed by atoms with Crippen molar-refractivity contribution in [2.45, 2.75) is 51.1 Å². The Morgan fingerprint density at radius 2 is 2.14 bits per heavy atom. The predicted molar refractivity (Wildman–Crippen MR) is 55.1 cm³/mol. The van der Waals surface area contributed by atoms with E-state index in [2.05, 4.69) is 11.5 Å². The molecule has 3 rings (SSSR count). The van der Waals surface area contributed by atoms with Gasteiger partial charge in [0.25, 0.3) is 0 Å². The first kappa shape index (κ1) is 8.48. The summed E-state index contributed by atoms with van der Waals surface area (Å²) in [6.45, 7) is 2.18. The molecule has 0 bridgehead atoms. The molecule has 0 spiro atoms. The number of hydrogen-bond donors (Lipinski definition) is 1. The average Bonchev–Trinajstić information content (AvgIpc) is 2.93. The Balaban J connectivity index is 2.09. The van der Waals surface area contributed by atoms with E-state index in [1.807, 2.05) is 0 Å². The molecule has 1 saturated carbocycles. The van der Waals surface area contributed by atoms with Crippen LogP contribution >= 0.6 is 0 Å². The van der Waals surface area contributed by atoms with Gasteiger partial charge in [0.1, 0.15) is 5.82 Å². The second-order valence-corrected chi connectivity index (χ2v) is 4.60. The number of nitrogens with zero attached hydrogens (tertiary/aromatic N) is 2. The monoisotopic (exact) mass is 191 g/mol. The number of rotatable bonds is 1. The molecule has 0 amide bonds. The standard InChI is InChI=1S/C11H17N3/c1-7-11(8-5-6-8)13-10-4-2-3-9(12)14(7)10/h8-9H,2-6,12H2,1H3. The van der Waals surface area contributed by atoms with Crippen LogP contribution in [0.1, 0.15) is 55.0 Å². The highest BCUT2D eigenvalue weighted by atomic mass is 15.2. The van der Waals surface area contributed by atoms with Crippen molar-refractivity contribution < 1.29 is 0 Å². The molecule has 3 heteroatoms. The van der Waals surface area contributed by atoms with Crippen LogP contribution in [0.15, 0.2) is 0 Å². The molecular formula is C11H17N3. The molecule has 2 aliphatic rings. The van der Waals surface area contributed by atoms with Crippen molar-refractivity contribution in [2.75, 3.05) is 0 Å². The SMILES string of the molecule is Cc1c(C2CC2)nc2n1C(N)CCC2. The zero-order valence-electron chi connectivity index (χ0n) is 8.66. The highest BCUT2D eigenvalue weighted by Gasteiger charge is 2.31. The summed E-state index contributed by atoms with van der Waals surface area (Å²) < 4.78 is 2.26. The number of aryl methyl sites for hydroxylation is 1. The van der Waals surface area contributed by atoms with Gasteiger partial charge in [-0.25, -0.2) is 4.98 Å². The van der Waals surface area contributed by atoms with Gasteiger partial charge in [-0.2, -0.15) is 0 Å². The fraction of sp³-hybridized carbons (Fsp3) is 0.727. The maximum absolute atomic E-state index is 6.10. The third-order valence-corrected chi connectivity index (χ3v) is 3.46. The van der Waals surface area contributed by atoms with Gasteiger partial charge in [0.05, 0.1) is 11.9 Å². The number of nitrogens with two attached hydrogens (primary N) is 1. The Hall–Kier alpha value is -0.830. The lowest BCUT2D eigenvalue weighted by Gasteiger charge is -2.22. The third kappa shape index (κ3) is 1.12. The van der Waals surface area contributed by atoms with E-state index in [0.29, 0.717) is 0 Å². The molecule has 2 N–H and O–H groups in total. The van der Waals surface area contributed by atoms with Crippen LogP contribution in [0.5, 0.6) is 0 Å². The smallest absolute Gasteiger partial charge is 0.110 e. The van der Waals surface area contributed by atoms with E-state index in [4.69, 9.17) is 10.7 Å². The Labute approximate surface area is 84.3 Å². The molecule has 1 aliphatic carbocycles. The van der Waals surface area contributed by atoms with Gasteiger partial charge in [0.2, 0.25) is 0 Å². The Morgan fingerprint density at radius 3 is 2.79 bits per heavy atom. The second kappa shape index (κ2) is 2.83.